The molecule has 0 aromatic heterocycles. The van der Waals surface area contributed by atoms with E-state index < -0.39 is 5.54 Å². The quantitative estimate of drug-likeness (QED) is 0.424. The molecule has 0 radical (unpaired) electrons. The van der Waals surface area contributed by atoms with Crippen LogP contribution >= 0.6 is 12.2 Å². The zero-order valence-electron chi connectivity index (χ0n) is 7.64. The number of hydrogen-bond acceptors (Lipinski definition) is 3. The Balaban J connectivity index is 3.03. The summed E-state index contributed by atoms with van der Waals surface area (Å²) < 4.78 is 0. The van der Waals surface area contributed by atoms with E-state index in [1.54, 1.807) is 18.2 Å². The third kappa shape index (κ3) is 2.05. The molecule has 1 unspecified atom stereocenters. The minimum Gasteiger partial charge on any atom is -0.389 e. The molecule has 1 aliphatic carbocycles. The first-order valence-electron chi connectivity index (χ1n) is 3.99. The third-order valence-electron chi connectivity index (χ3n) is 1.99. The molecule has 5 heteroatoms. The molecule has 0 saturated heterocycles. The van der Waals surface area contributed by atoms with Gasteiger partial charge in [-0.15, -0.1) is 0 Å². The highest BCUT2D eigenvalue weighted by Crippen LogP contribution is 2.17. The van der Waals surface area contributed by atoms with E-state index in [-0.39, 0.29) is 9.91 Å². The predicted molar refractivity (Wildman–Crippen MR) is 58.5 cm³/mol. The second kappa shape index (κ2) is 3.71. The topological polar surface area (TPSA) is 69.2 Å². The van der Waals surface area contributed by atoms with E-state index in [4.69, 9.17) is 18.0 Å². The molecule has 4 nitrogen and oxygen atoms in total. The lowest BCUT2D eigenvalue weighted by atomic mass is 10.0. The molecule has 14 heavy (non-hydrogen) atoms. The molecule has 0 aromatic carbocycles. The Morgan fingerprint density at radius 1 is 1.64 bits per heavy atom. The van der Waals surface area contributed by atoms with Crippen molar-refractivity contribution in [1.82, 2.24) is 0 Å². The van der Waals surface area contributed by atoms with E-state index in [0.717, 1.165) is 0 Å². The second-order valence-corrected chi connectivity index (χ2v) is 3.60. The summed E-state index contributed by atoms with van der Waals surface area (Å²) in [6.07, 6.45) is 7.80. The van der Waals surface area contributed by atoms with Gasteiger partial charge >= 0.3 is 0 Å². The van der Waals surface area contributed by atoms with Crippen LogP contribution in [0.15, 0.2) is 36.0 Å². The van der Waals surface area contributed by atoms with E-state index in [9.17, 15) is 10.1 Å². The zero-order chi connectivity index (χ0) is 10.8. The van der Waals surface area contributed by atoms with Crippen LogP contribution in [0.1, 0.15) is 6.92 Å². The molecule has 0 amide bonds. The Labute approximate surface area is 86.9 Å². The van der Waals surface area contributed by atoms with E-state index in [0.29, 0.717) is 5.57 Å². The van der Waals surface area contributed by atoms with Crippen LogP contribution in [0.3, 0.4) is 0 Å². The number of nitrogens with zero attached hydrogens (tertiary/aromatic N) is 1. The molecular weight excluding hydrogens is 200 g/mol. The highest BCUT2D eigenvalue weighted by molar-refractivity contribution is 7.80. The van der Waals surface area contributed by atoms with Crippen LogP contribution in [0.5, 0.6) is 0 Å². The molecule has 0 aliphatic heterocycles. The first-order chi connectivity index (χ1) is 6.46. The fraction of sp³-hybridized carbons (Fsp3) is 0.222. The highest BCUT2D eigenvalue weighted by atomic mass is 32.1. The molecule has 0 fully saturated rings. The number of allylic oxidation sites excluding steroid dienone is 2. The Kier molecular flexibility index (Phi) is 2.81. The fourth-order valence-corrected chi connectivity index (χ4v) is 1.14. The Bertz CT molecular complexity index is 371. The number of nitrogens with two attached hydrogens (primary N) is 1. The van der Waals surface area contributed by atoms with Gasteiger partial charge in [0, 0.05) is 17.4 Å². The lowest BCUT2D eigenvalue weighted by Gasteiger charge is -2.10. The maximum Gasteiger partial charge on any atom is 0.256 e. The van der Waals surface area contributed by atoms with Gasteiger partial charge in [-0.2, -0.15) is 0 Å². The van der Waals surface area contributed by atoms with Gasteiger partial charge in [0.25, 0.3) is 5.54 Å². The lowest BCUT2D eigenvalue weighted by Crippen LogP contribution is -2.29. The zero-order valence-corrected chi connectivity index (χ0v) is 8.45. The van der Waals surface area contributed by atoms with Gasteiger partial charge in [0.05, 0.1) is 0 Å². The molecule has 74 valence electrons. The van der Waals surface area contributed by atoms with Gasteiger partial charge in [-0.3, -0.25) is 10.1 Å². The second-order valence-electron chi connectivity index (χ2n) is 3.16. The van der Waals surface area contributed by atoms with Crippen LogP contribution in [-0.4, -0.2) is 15.5 Å². The van der Waals surface area contributed by atoms with Crippen LogP contribution in [-0.2, 0) is 0 Å². The van der Waals surface area contributed by atoms with Crippen LogP contribution in [0.25, 0.3) is 0 Å². The number of nitro groups is 1. The van der Waals surface area contributed by atoms with E-state index in [1.165, 1.54) is 19.1 Å². The normalized spacial score (nSPS) is 25.4. The summed E-state index contributed by atoms with van der Waals surface area (Å²) in [5, 5.41) is 10.7. The number of rotatable bonds is 2. The van der Waals surface area contributed by atoms with Gasteiger partial charge < -0.3 is 5.73 Å². The van der Waals surface area contributed by atoms with Crippen molar-refractivity contribution < 1.29 is 4.92 Å². The average Bonchev–Trinajstić information content (AvgIpc) is 2.28. The predicted octanol–water partition coefficient (Wildman–Crippen LogP) is 1.36. The van der Waals surface area contributed by atoms with Gasteiger partial charge in [-0.1, -0.05) is 24.4 Å². The fourth-order valence-electron chi connectivity index (χ4n) is 1.00. The van der Waals surface area contributed by atoms with Crippen molar-refractivity contribution in [3.8, 4) is 0 Å². The van der Waals surface area contributed by atoms with Crippen LogP contribution in [0.4, 0.5) is 0 Å². The summed E-state index contributed by atoms with van der Waals surface area (Å²) in [7, 11) is 0. The van der Waals surface area contributed by atoms with Crippen molar-refractivity contribution in [2.24, 2.45) is 5.73 Å². The third-order valence-corrected chi connectivity index (χ3v) is 2.22. The largest absolute Gasteiger partial charge is 0.389 e. The van der Waals surface area contributed by atoms with Gasteiger partial charge in [-0.05, 0) is 18.2 Å². The van der Waals surface area contributed by atoms with Gasteiger partial charge in [0.2, 0.25) is 0 Å². The minimum atomic E-state index is -1.18. The molecule has 1 atom stereocenters. The van der Waals surface area contributed by atoms with Crippen molar-refractivity contribution in [2.45, 2.75) is 12.5 Å². The van der Waals surface area contributed by atoms with Crippen molar-refractivity contribution in [2.75, 3.05) is 0 Å². The SMILES string of the molecule is CC1([N+](=O)[O-])C=CC=C(C(N)=S)C=C1. The van der Waals surface area contributed by atoms with Crippen molar-refractivity contribution in [3.05, 3.63) is 46.1 Å². The summed E-state index contributed by atoms with van der Waals surface area (Å²) in [6.45, 7) is 1.51. The Hall–Kier alpha value is -1.49. The van der Waals surface area contributed by atoms with Crippen molar-refractivity contribution >= 4 is 17.2 Å². The van der Waals surface area contributed by atoms with Crippen LogP contribution in [0, 0.1) is 10.1 Å². The molecule has 0 heterocycles. The molecule has 1 rings (SSSR count). The molecule has 0 bridgehead atoms. The molecule has 0 aromatic rings. The van der Waals surface area contributed by atoms with Gasteiger partial charge in [-0.25, -0.2) is 0 Å². The summed E-state index contributed by atoms with van der Waals surface area (Å²) in [6, 6.07) is 0. The standard InChI is InChI=1S/C9H10N2O2S/c1-9(11(12)13)5-2-3-7(4-6-9)8(10)14/h2-6H,1H3,(H2,10,14). The maximum absolute atomic E-state index is 10.7. The van der Waals surface area contributed by atoms with E-state index in [1.807, 2.05) is 0 Å². The molecule has 0 spiro atoms. The van der Waals surface area contributed by atoms with Gasteiger partial charge in [0.15, 0.2) is 0 Å². The molecular formula is C9H10N2O2S. The first kappa shape index (κ1) is 10.6. The summed E-state index contributed by atoms with van der Waals surface area (Å²) >= 11 is 4.77. The van der Waals surface area contributed by atoms with Crippen molar-refractivity contribution in [1.29, 1.82) is 0 Å². The summed E-state index contributed by atoms with van der Waals surface area (Å²) in [4.78, 5) is 10.6. The molecule has 0 saturated carbocycles. The Morgan fingerprint density at radius 3 is 2.79 bits per heavy atom. The minimum absolute atomic E-state index is 0.235. The first-order valence-corrected chi connectivity index (χ1v) is 4.39. The Morgan fingerprint density at radius 2 is 2.29 bits per heavy atom. The summed E-state index contributed by atoms with van der Waals surface area (Å²) in [5.41, 5.74) is 4.86. The monoisotopic (exact) mass is 210 g/mol. The van der Waals surface area contributed by atoms with E-state index in [2.05, 4.69) is 0 Å². The average molecular weight is 210 g/mol. The number of hydrogen-bond donors (Lipinski definition) is 1. The number of thiocarbonyl (C=S) groups is 1. The lowest BCUT2D eigenvalue weighted by molar-refractivity contribution is -0.535. The maximum atomic E-state index is 10.7. The van der Waals surface area contributed by atoms with Crippen LogP contribution < -0.4 is 5.73 Å². The van der Waals surface area contributed by atoms with Gasteiger partial charge in [0.1, 0.15) is 4.99 Å². The highest BCUT2D eigenvalue weighted by Gasteiger charge is 2.30. The van der Waals surface area contributed by atoms with Crippen molar-refractivity contribution in [3.63, 3.8) is 0 Å². The molecule has 1 aliphatic rings. The van der Waals surface area contributed by atoms with Crippen LogP contribution in [0.2, 0.25) is 0 Å². The molecule has 2 N–H and O–H groups in total. The smallest absolute Gasteiger partial charge is 0.256 e. The van der Waals surface area contributed by atoms with E-state index >= 15 is 0 Å². The summed E-state index contributed by atoms with van der Waals surface area (Å²) in [5.74, 6) is 0.